The molecule has 0 unspecified atom stereocenters. The first kappa shape index (κ1) is 23.7. The van der Waals surface area contributed by atoms with Crippen molar-refractivity contribution in [2.75, 3.05) is 40.7 Å². The van der Waals surface area contributed by atoms with Gasteiger partial charge in [-0.05, 0) is 50.2 Å². The summed E-state index contributed by atoms with van der Waals surface area (Å²) in [5.41, 5.74) is 3.73. The Morgan fingerprint density at radius 3 is 2.00 bits per heavy atom. The lowest BCUT2D eigenvalue weighted by atomic mass is 10.1. The number of hydrogen-bond acceptors (Lipinski definition) is 5. The van der Waals surface area contributed by atoms with Crippen LogP contribution in [-0.4, -0.2) is 56.7 Å². The minimum absolute atomic E-state index is 0.269. The zero-order valence-electron chi connectivity index (χ0n) is 20.0. The molecule has 1 aromatic heterocycles. The number of hydrogen-bond donors (Lipinski definition) is 1. The number of methoxy groups -OCH3 is 3. The molecule has 0 bridgehead atoms. The fourth-order valence-corrected chi connectivity index (χ4v) is 3.71. The normalized spacial score (nSPS) is 10.5. The highest BCUT2D eigenvalue weighted by molar-refractivity contribution is 6.10. The second-order valence-electron chi connectivity index (χ2n) is 7.72. The number of benzene rings is 2. The summed E-state index contributed by atoms with van der Waals surface area (Å²) >= 11 is 0. The van der Waals surface area contributed by atoms with Gasteiger partial charge in [-0.25, -0.2) is 0 Å². The molecule has 8 heteroatoms. The molecule has 0 aliphatic heterocycles. The van der Waals surface area contributed by atoms with Gasteiger partial charge in [-0.15, -0.1) is 0 Å². The van der Waals surface area contributed by atoms with Gasteiger partial charge in [-0.2, -0.15) is 0 Å². The summed E-state index contributed by atoms with van der Waals surface area (Å²) < 4.78 is 17.9. The fourth-order valence-electron chi connectivity index (χ4n) is 3.71. The summed E-state index contributed by atoms with van der Waals surface area (Å²) in [7, 11) is 7.90. The topological polar surface area (TPSA) is 82.0 Å². The minimum Gasteiger partial charge on any atom is -0.497 e. The van der Waals surface area contributed by atoms with E-state index in [-0.39, 0.29) is 11.8 Å². The van der Waals surface area contributed by atoms with Crippen molar-refractivity contribution < 1.29 is 23.8 Å². The minimum atomic E-state index is -0.331. The largest absolute Gasteiger partial charge is 0.497 e. The molecule has 3 rings (SSSR count). The summed E-state index contributed by atoms with van der Waals surface area (Å²) in [5, 5.41) is 2.88. The smallest absolute Gasteiger partial charge is 0.257 e. The van der Waals surface area contributed by atoms with E-state index in [4.69, 9.17) is 14.2 Å². The predicted molar refractivity (Wildman–Crippen MR) is 127 cm³/mol. The zero-order valence-corrected chi connectivity index (χ0v) is 20.0. The number of aryl methyl sites for hydroxylation is 1. The summed E-state index contributed by atoms with van der Waals surface area (Å²) in [5.74, 6) is 0.966. The van der Waals surface area contributed by atoms with Crippen molar-refractivity contribution in [1.82, 2.24) is 9.47 Å². The maximum atomic E-state index is 13.3. The van der Waals surface area contributed by atoms with Gasteiger partial charge >= 0.3 is 0 Å². The van der Waals surface area contributed by atoms with Gasteiger partial charge in [0.1, 0.15) is 5.75 Å². The van der Waals surface area contributed by atoms with Crippen molar-refractivity contribution in [2.45, 2.75) is 13.8 Å². The van der Waals surface area contributed by atoms with Gasteiger partial charge in [0.05, 0.1) is 38.1 Å². The molecule has 0 saturated heterocycles. The molecule has 3 aromatic rings. The van der Waals surface area contributed by atoms with Crippen molar-refractivity contribution in [2.24, 2.45) is 0 Å². The molecule has 1 N–H and O–H groups in total. The monoisotopic (exact) mass is 451 g/mol. The van der Waals surface area contributed by atoms with E-state index in [1.165, 1.54) is 19.1 Å². The van der Waals surface area contributed by atoms with E-state index in [0.29, 0.717) is 28.3 Å². The van der Waals surface area contributed by atoms with E-state index in [1.807, 2.05) is 48.7 Å². The van der Waals surface area contributed by atoms with Gasteiger partial charge in [-0.3, -0.25) is 9.59 Å². The molecule has 2 aromatic carbocycles. The molecule has 33 heavy (non-hydrogen) atoms. The second kappa shape index (κ2) is 9.68. The van der Waals surface area contributed by atoms with Crippen LogP contribution in [0.25, 0.3) is 5.69 Å². The number of aromatic nitrogens is 1. The number of nitrogens with one attached hydrogen (secondary N) is 1. The van der Waals surface area contributed by atoms with Gasteiger partial charge in [0.15, 0.2) is 11.5 Å². The van der Waals surface area contributed by atoms with E-state index in [0.717, 1.165) is 22.8 Å². The lowest BCUT2D eigenvalue weighted by Crippen LogP contribution is -2.24. The first-order valence-electron chi connectivity index (χ1n) is 10.3. The molecule has 2 amide bonds. The van der Waals surface area contributed by atoms with Crippen LogP contribution in [0.4, 0.5) is 5.69 Å². The molecule has 0 spiro atoms. The highest BCUT2D eigenvalue weighted by Crippen LogP contribution is 2.34. The molecule has 0 radical (unpaired) electrons. The van der Waals surface area contributed by atoms with Crippen molar-refractivity contribution in [3.8, 4) is 22.9 Å². The van der Waals surface area contributed by atoms with E-state index < -0.39 is 0 Å². The number of nitrogens with zero attached hydrogens (tertiary/aromatic N) is 2. The SMILES string of the molecule is COc1ccc(-n2c(C)cc(C(=O)Nc3cc(OC)c(OC)cc3C(=O)N(C)C)c2C)cc1. The van der Waals surface area contributed by atoms with E-state index >= 15 is 0 Å². The molecule has 1 heterocycles. The third kappa shape index (κ3) is 4.64. The van der Waals surface area contributed by atoms with Crippen LogP contribution in [-0.2, 0) is 0 Å². The van der Waals surface area contributed by atoms with Gasteiger partial charge in [0, 0.05) is 37.2 Å². The number of anilines is 1. The zero-order chi connectivity index (χ0) is 24.3. The number of carbonyl (C=O) groups is 2. The molecule has 0 aliphatic rings. The van der Waals surface area contributed by atoms with Gasteiger partial charge < -0.3 is 29.0 Å². The second-order valence-corrected chi connectivity index (χ2v) is 7.72. The molecule has 8 nitrogen and oxygen atoms in total. The van der Waals surface area contributed by atoms with Crippen molar-refractivity contribution in [3.05, 3.63) is 65.0 Å². The maximum absolute atomic E-state index is 13.3. The molecular weight excluding hydrogens is 422 g/mol. The van der Waals surface area contributed by atoms with Crippen LogP contribution < -0.4 is 19.5 Å². The molecule has 0 aliphatic carbocycles. The average molecular weight is 452 g/mol. The van der Waals surface area contributed by atoms with Crippen LogP contribution >= 0.6 is 0 Å². The van der Waals surface area contributed by atoms with Crippen LogP contribution in [0, 0.1) is 13.8 Å². The van der Waals surface area contributed by atoms with Crippen LogP contribution in [0.5, 0.6) is 17.2 Å². The van der Waals surface area contributed by atoms with Crippen molar-refractivity contribution in [1.29, 1.82) is 0 Å². The number of rotatable bonds is 7. The Morgan fingerprint density at radius 1 is 0.848 bits per heavy atom. The van der Waals surface area contributed by atoms with Gasteiger partial charge in [-0.1, -0.05) is 0 Å². The number of ether oxygens (including phenoxy) is 3. The van der Waals surface area contributed by atoms with Crippen molar-refractivity contribution in [3.63, 3.8) is 0 Å². The van der Waals surface area contributed by atoms with Crippen LogP contribution in [0.15, 0.2) is 42.5 Å². The average Bonchev–Trinajstić information content (AvgIpc) is 3.12. The Kier molecular flexibility index (Phi) is 6.96. The summed E-state index contributed by atoms with van der Waals surface area (Å²) in [6, 6.07) is 12.6. The lowest BCUT2D eigenvalue weighted by molar-refractivity contribution is 0.0828. The van der Waals surface area contributed by atoms with E-state index in [1.54, 1.807) is 33.3 Å². The maximum Gasteiger partial charge on any atom is 0.257 e. The molecular formula is C25H29N3O5. The number of carbonyl (C=O) groups excluding carboxylic acids is 2. The fraction of sp³-hybridized carbons (Fsp3) is 0.280. The lowest BCUT2D eigenvalue weighted by Gasteiger charge is -2.18. The van der Waals surface area contributed by atoms with Crippen LogP contribution in [0.3, 0.4) is 0 Å². The van der Waals surface area contributed by atoms with E-state index in [2.05, 4.69) is 5.32 Å². The highest BCUT2D eigenvalue weighted by atomic mass is 16.5. The third-order valence-electron chi connectivity index (χ3n) is 5.41. The quantitative estimate of drug-likeness (QED) is 0.586. The Morgan fingerprint density at radius 2 is 1.45 bits per heavy atom. The molecule has 174 valence electrons. The highest BCUT2D eigenvalue weighted by Gasteiger charge is 2.22. The summed E-state index contributed by atoms with van der Waals surface area (Å²) in [6.45, 7) is 3.82. The van der Waals surface area contributed by atoms with Crippen LogP contribution in [0.1, 0.15) is 32.1 Å². The molecule has 0 fully saturated rings. The first-order chi connectivity index (χ1) is 15.7. The molecule has 0 saturated carbocycles. The Hall–Kier alpha value is -3.94. The van der Waals surface area contributed by atoms with Crippen LogP contribution in [0.2, 0.25) is 0 Å². The Balaban J connectivity index is 2.01. The molecule has 0 atom stereocenters. The Bertz CT molecular complexity index is 1180. The van der Waals surface area contributed by atoms with Gasteiger partial charge in [0.25, 0.3) is 11.8 Å². The van der Waals surface area contributed by atoms with Crippen molar-refractivity contribution >= 4 is 17.5 Å². The van der Waals surface area contributed by atoms with E-state index in [9.17, 15) is 9.59 Å². The summed E-state index contributed by atoms with van der Waals surface area (Å²) in [6.07, 6.45) is 0. The number of amides is 2. The predicted octanol–water partition coefficient (Wildman–Crippen LogP) is 4.07. The standard InChI is InChI=1S/C25H29N3O5/c1-15-12-19(16(2)28(15)17-8-10-18(31-5)11-9-17)24(29)26-21-14-23(33-7)22(32-6)13-20(21)25(30)27(3)4/h8-14H,1-7H3,(H,26,29). The third-order valence-corrected chi connectivity index (χ3v) is 5.41. The first-order valence-corrected chi connectivity index (χ1v) is 10.3. The Labute approximate surface area is 193 Å². The summed E-state index contributed by atoms with van der Waals surface area (Å²) in [4.78, 5) is 27.5. The van der Waals surface area contributed by atoms with Gasteiger partial charge in [0.2, 0.25) is 0 Å².